The number of hydrogen-bond donors (Lipinski definition) is 1. The van der Waals surface area contributed by atoms with Crippen molar-refractivity contribution < 1.29 is 18.7 Å². The molecule has 0 saturated heterocycles. The van der Waals surface area contributed by atoms with E-state index in [2.05, 4.69) is 9.97 Å². The minimum atomic E-state index is -0.815. The summed E-state index contributed by atoms with van der Waals surface area (Å²) < 4.78 is 19.3. The van der Waals surface area contributed by atoms with Crippen molar-refractivity contribution in [2.24, 2.45) is 4.99 Å². The second-order valence-electron chi connectivity index (χ2n) is 10.0. The number of imidazole rings is 1. The van der Waals surface area contributed by atoms with E-state index in [-0.39, 0.29) is 12.2 Å². The Morgan fingerprint density at radius 2 is 1.93 bits per heavy atom. The number of fused-ring (bicyclic) bond motifs is 3. The third-order valence-electron chi connectivity index (χ3n) is 7.38. The summed E-state index contributed by atoms with van der Waals surface area (Å²) in [7, 11) is 1.58. The first-order valence-electron chi connectivity index (χ1n) is 13.9. The van der Waals surface area contributed by atoms with Crippen LogP contribution >= 0.6 is 23.1 Å². The smallest absolute Gasteiger partial charge is 0.338 e. The van der Waals surface area contributed by atoms with Gasteiger partial charge in [-0.1, -0.05) is 53.8 Å². The highest BCUT2D eigenvalue weighted by Gasteiger charge is 2.36. The van der Waals surface area contributed by atoms with Crippen molar-refractivity contribution in [1.82, 2.24) is 14.5 Å². The van der Waals surface area contributed by atoms with Crippen molar-refractivity contribution in [3.8, 4) is 5.75 Å². The first kappa shape index (κ1) is 27.9. The van der Waals surface area contributed by atoms with E-state index in [1.807, 2.05) is 72.8 Å². The molecular formula is C33H26N4O5S2. The lowest BCUT2D eigenvalue weighted by atomic mass is 9.90. The molecule has 11 heteroatoms. The quantitative estimate of drug-likeness (QED) is 0.231. The van der Waals surface area contributed by atoms with Gasteiger partial charge >= 0.3 is 5.97 Å². The average Bonchev–Trinajstić information content (AvgIpc) is 3.73. The Morgan fingerprint density at radius 1 is 1.11 bits per heavy atom. The zero-order chi connectivity index (χ0) is 30.4. The van der Waals surface area contributed by atoms with Crippen LogP contribution < -0.4 is 19.6 Å². The molecule has 9 nitrogen and oxygen atoms in total. The fraction of sp³-hybridized carbons (Fsp3) is 0.152. The van der Waals surface area contributed by atoms with E-state index in [0.29, 0.717) is 47.9 Å². The third kappa shape index (κ3) is 4.83. The number of nitrogens with one attached hydrogen (secondary N) is 1. The number of nitrogens with zero attached hydrogens (tertiary/aromatic N) is 3. The number of hydrogen-bond acceptors (Lipinski definition) is 9. The number of thiazole rings is 1. The average molecular weight is 623 g/mol. The fourth-order valence-electron chi connectivity index (χ4n) is 5.47. The number of carbonyl (C=O) groups excluding carboxylic acids is 1. The lowest BCUT2D eigenvalue weighted by molar-refractivity contribution is -0.139. The molecule has 4 heterocycles. The zero-order valence-electron chi connectivity index (χ0n) is 24.0. The van der Waals surface area contributed by atoms with Gasteiger partial charge in [-0.25, -0.2) is 14.8 Å². The Balaban J connectivity index is 1.35. The summed E-state index contributed by atoms with van der Waals surface area (Å²) in [5, 5.41) is 3.15. The van der Waals surface area contributed by atoms with Crippen molar-refractivity contribution >= 4 is 56.9 Å². The van der Waals surface area contributed by atoms with E-state index in [0.717, 1.165) is 21.8 Å². The van der Waals surface area contributed by atoms with Gasteiger partial charge in [0.1, 0.15) is 17.6 Å². The summed E-state index contributed by atoms with van der Waals surface area (Å²) in [5.41, 5.74) is 2.99. The molecule has 0 fully saturated rings. The van der Waals surface area contributed by atoms with Crippen LogP contribution in [0.3, 0.4) is 0 Å². The van der Waals surface area contributed by atoms with Gasteiger partial charge < -0.3 is 18.9 Å². The molecule has 0 radical (unpaired) electrons. The summed E-state index contributed by atoms with van der Waals surface area (Å²) in [4.78, 5) is 40.6. The molecule has 1 aliphatic heterocycles. The van der Waals surface area contributed by atoms with Gasteiger partial charge in [0.2, 0.25) is 0 Å². The van der Waals surface area contributed by atoms with Gasteiger partial charge in [-0.05, 0) is 66.7 Å². The Kier molecular flexibility index (Phi) is 7.19. The lowest BCUT2D eigenvalue weighted by Gasteiger charge is -2.27. The molecule has 1 atom stereocenters. The minimum Gasteiger partial charge on any atom is -0.496 e. The molecule has 0 amide bonds. The van der Waals surface area contributed by atoms with E-state index in [9.17, 15) is 9.59 Å². The van der Waals surface area contributed by atoms with Crippen molar-refractivity contribution in [2.45, 2.75) is 30.1 Å². The van der Waals surface area contributed by atoms with Crippen molar-refractivity contribution in [3.63, 3.8) is 0 Å². The molecule has 1 N–H and O–H groups in total. The molecule has 3 aromatic heterocycles. The Bertz CT molecular complexity index is 2260. The molecule has 7 rings (SSSR count). The molecule has 0 unspecified atom stereocenters. The maximum atomic E-state index is 14.2. The zero-order valence-corrected chi connectivity index (χ0v) is 25.6. The molecule has 1 aliphatic rings. The van der Waals surface area contributed by atoms with Gasteiger partial charge in [-0.3, -0.25) is 9.36 Å². The molecule has 0 bridgehead atoms. The van der Waals surface area contributed by atoms with E-state index in [1.165, 1.54) is 23.1 Å². The molecule has 3 aromatic carbocycles. The van der Waals surface area contributed by atoms with Gasteiger partial charge in [0.25, 0.3) is 5.56 Å². The van der Waals surface area contributed by atoms with Crippen molar-refractivity contribution in [1.29, 1.82) is 0 Å². The first-order valence-corrected chi connectivity index (χ1v) is 15.6. The standard InChI is InChI=1S/C33H26N4O5S2/c1-4-41-31(39)27-18(2)34-33-37(29(27)28-21-10-6-5-9-19(21)13-15-24(28)40-3)30(38)25(43-33)17-20-14-16-26(42-20)44-32-35-22-11-7-8-12-23(22)36-32/h5-17,29H,4H2,1-3H3,(H,35,36)/t29-/m0/s1. The number of allylic oxidation sites excluding steroid dienone is 1. The predicted octanol–water partition coefficient (Wildman–Crippen LogP) is 5.58. The topological polar surface area (TPSA) is 112 Å². The number of rotatable bonds is 7. The van der Waals surface area contributed by atoms with Crippen LogP contribution in [-0.2, 0) is 9.53 Å². The Morgan fingerprint density at radius 3 is 2.75 bits per heavy atom. The number of methoxy groups -OCH3 is 1. The second kappa shape index (κ2) is 11.3. The van der Waals surface area contributed by atoms with Crippen LogP contribution in [0, 0.1) is 0 Å². The summed E-state index contributed by atoms with van der Waals surface area (Å²) in [6.45, 7) is 3.70. The molecule has 0 spiro atoms. The van der Waals surface area contributed by atoms with Crippen LogP contribution in [0.4, 0.5) is 0 Å². The monoisotopic (exact) mass is 622 g/mol. The predicted molar refractivity (Wildman–Crippen MR) is 170 cm³/mol. The Labute approximate surface area is 259 Å². The highest BCUT2D eigenvalue weighted by atomic mass is 32.2. The van der Waals surface area contributed by atoms with Gasteiger partial charge in [0, 0.05) is 11.6 Å². The number of furan rings is 1. The van der Waals surface area contributed by atoms with Crippen LogP contribution in [0.5, 0.6) is 5.75 Å². The number of benzene rings is 3. The van der Waals surface area contributed by atoms with Crippen molar-refractivity contribution in [2.75, 3.05) is 13.7 Å². The van der Waals surface area contributed by atoms with Crippen LogP contribution in [0.2, 0.25) is 0 Å². The molecular weight excluding hydrogens is 597 g/mol. The van der Waals surface area contributed by atoms with Crippen LogP contribution in [0.1, 0.15) is 31.2 Å². The fourth-order valence-corrected chi connectivity index (χ4v) is 7.27. The van der Waals surface area contributed by atoms with Gasteiger partial charge in [-0.15, -0.1) is 0 Å². The molecule has 44 heavy (non-hydrogen) atoms. The SMILES string of the molecule is CCOC(=O)C1=C(C)N=c2sc(=Cc3ccc(Sc4nc5ccccc5[nH]4)o3)c(=O)n2[C@@H]1c1c(OC)ccc2ccccc12. The van der Waals surface area contributed by atoms with Crippen LogP contribution in [0.15, 0.2) is 109 Å². The third-order valence-corrected chi connectivity index (χ3v) is 9.17. The number of para-hydroxylation sites is 2. The second-order valence-corrected chi connectivity index (χ2v) is 12.0. The van der Waals surface area contributed by atoms with Crippen LogP contribution in [0.25, 0.3) is 27.9 Å². The number of ether oxygens (including phenoxy) is 2. The van der Waals surface area contributed by atoms with E-state index in [4.69, 9.17) is 18.9 Å². The van der Waals surface area contributed by atoms with Gasteiger partial charge in [-0.2, -0.15) is 0 Å². The summed E-state index contributed by atoms with van der Waals surface area (Å²) in [5.74, 6) is 0.536. The Hall–Kier alpha value is -4.87. The van der Waals surface area contributed by atoms with Crippen LogP contribution in [-0.4, -0.2) is 34.2 Å². The molecule has 220 valence electrons. The maximum absolute atomic E-state index is 14.2. The van der Waals surface area contributed by atoms with E-state index < -0.39 is 12.0 Å². The number of aromatic nitrogens is 3. The maximum Gasteiger partial charge on any atom is 0.338 e. The highest BCUT2D eigenvalue weighted by Crippen LogP contribution is 2.40. The van der Waals surface area contributed by atoms with Gasteiger partial charge in [0.05, 0.1) is 40.6 Å². The lowest BCUT2D eigenvalue weighted by Crippen LogP contribution is -2.40. The summed E-state index contributed by atoms with van der Waals surface area (Å²) in [6.07, 6.45) is 1.70. The van der Waals surface area contributed by atoms with Gasteiger partial charge in [0.15, 0.2) is 15.1 Å². The molecule has 0 aliphatic carbocycles. The molecule has 0 saturated carbocycles. The van der Waals surface area contributed by atoms with Crippen molar-refractivity contribution in [3.05, 3.63) is 115 Å². The number of aromatic amines is 1. The molecule has 6 aromatic rings. The van der Waals surface area contributed by atoms with E-state index in [1.54, 1.807) is 31.6 Å². The first-order chi connectivity index (χ1) is 21.4. The van der Waals surface area contributed by atoms with E-state index >= 15 is 0 Å². The largest absolute Gasteiger partial charge is 0.496 e. The number of H-pyrrole nitrogens is 1. The summed E-state index contributed by atoms with van der Waals surface area (Å²) >= 11 is 2.60. The summed E-state index contributed by atoms with van der Waals surface area (Å²) in [6, 6.07) is 22.3. The highest BCUT2D eigenvalue weighted by molar-refractivity contribution is 7.99. The number of carbonyl (C=O) groups is 1. The normalized spacial score (nSPS) is 15.1. The number of esters is 1. The minimum absolute atomic E-state index is 0.187.